The zero-order valence-electron chi connectivity index (χ0n) is 10.1. The van der Waals surface area contributed by atoms with Crippen molar-refractivity contribution in [3.8, 4) is 0 Å². The van der Waals surface area contributed by atoms with Gasteiger partial charge >= 0.3 is 6.03 Å². The SMILES string of the molecule is CN1C(=O)N(c2ccccc2)C(=O)C2COCC21. The van der Waals surface area contributed by atoms with Crippen molar-refractivity contribution < 1.29 is 14.3 Å². The summed E-state index contributed by atoms with van der Waals surface area (Å²) < 4.78 is 5.32. The number of carbonyl (C=O) groups excluding carboxylic acids is 2. The van der Waals surface area contributed by atoms with Gasteiger partial charge < -0.3 is 9.64 Å². The van der Waals surface area contributed by atoms with E-state index < -0.39 is 0 Å². The fraction of sp³-hybridized carbons (Fsp3) is 0.385. The number of benzene rings is 1. The van der Waals surface area contributed by atoms with Gasteiger partial charge in [-0.3, -0.25) is 4.79 Å². The van der Waals surface area contributed by atoms with Crippen molar-refractivity contribution in [2.75, 3.05) is 25.2 Å². The van der Waals surface area contributed by atoms with E-state index >= 15 is 0 Å². The van der Waals surface area contributed by atoms with Gasteiger partial charge in [-0.25, -0.2) is 9.69 Å². The van der Waals surface area contributed by atoms with E-state index in [0.29, 0.717) is 18.9 Å². The molecule has 0 radical (unpaired) electrons. The van der Waals surface area contributed by atoms with Crippen LogP contribution in [0.2, 0.25) is 0 Å². The van der Waals surface area contributed by atoms with Gasteiger partial charge in [-0.1, -0.05) is 18.2 Å². The Hall–Kier alpha value is -1.88. The number of rotatable bonds is 1. The van der Waals surface area contributed by atoms with E-state index in [1.807, 2.05) is 18.2 Å². The third-order valence-electron chi connectivity index (χ3n) is 3.59. The van der Waals surface area contributed by atoms with Gasteiger partial charge in [0.1, 0.15) is 0 Å². The zero-order valence-corrected chi connectivity index (χ0v) is 10.1. The number of imide groups is 1. The summed E-state index contributed by atoms with van der Waals surface area (Å²) in [6.07, 6.45) is 0. The molecule has 2 aliphatic rings. The van der Waals surface area contributed by atoms with Gasteiger partial charge in [0.25, 0.3) is 0 Å². The molecule has 0 aliphatic carbocycles. The van der Waals surface area contributed by atoms with Crippen molar-refractivity contribution in [3.05, 3.63) is 30.3 Å². The fourth-order valence-corrected chi connectivity index (χ4v) is 2.53. The molecule has 0 spiro atoms. The number of hydrogen-bond acceptors (Lipinski definition) is 3. The highest BCUT2D eigenvalue weighted by Crippen LogP contribution is 2.30. The first-order chi connectivity index (χ1) is 8.70. The summed E-state index contributed by atoms with van der Waals surface area (Å²) >= 11 is 0. The minimum Gasteiger partial charge on any atom is -0.378 e. The number of nitrogens with zero attached hydrogens (tertiary/aromatic N) is 2. The second kappa shape index (κ2) is 4.10. The molecule has 0 saturated carbocycles. The van der Waals surface area contributed by atoms with E-state index in [1.54, 1.807) is 24.1 Å². The molecular formula is C13H14N2O3. The smallest absolute Gasteiger partial charge is 0.331 e. The molecule has 18 heavy (non-hydrogen) atoms. The van der Waals surface area contributed by atoms with Gasteiger partial charge in [-0.2, -0.15) is 0 Å². The fourth-order valence-electron chi connectivity index (χ4n) is 2.53. The summed E-state index contributed by atoms with van der Waals surface area (Å²) in [5.41, 5.74) is 0.615. The molecule has 0 bridgehead atoms. The zero-order chi connectivity index (χ0) is 12.7. The Labute approximate surface area is 105 Å². The molecule has 1 aromatic rings. The maximum absolute atomic E-state index is 12.4. The number of likely N-dealkylation sites (N-methyl/N-ethyl adjacent to an activating group) is 1. The van der Waals surface area contributed by atoms with E-state index in [1.165, 1.54) is 4.90 Å². The predicted molar refractivity (Wildman–Crippen MR) is 65.2 cm³/mol. The van der Waals surface area contributed by atoms with Gasteiger partial charge in [0.15, 0.2) is 0 Å². The third kappa shape index (κ3) is 1.51. The van der Waals surface area contributed by atoms with Crippen molar-refractivity contribution in [2.24, 2.45) is 5.92 Å². The predicted octanol–water partition coefficient (Wildman–Crippen LogP) is 1.10. The minimum atomic E-state index is -0.280. The lowest BCUT2D eigenvalue weighted by Gasteiger charge is -2.38. The number of para-hydroxylation sites is 1. The second-order valence-corrected chi connectivity index (χ2v) is 4.61. The molecule has 2 unspecified atom stereocenters. The van der Waals surface area contributed by atoms with E-state index in [9.17, 15) is 9.59 Å². The first-order valence-corrected chi connectivity index (χ1v) is 5.93. The molecule has 3 rings (SSSR count). The highest BCUT2D eigenvalue weighted by molar-refractivity contribution is 6.17. The van der Waals surface area contributed by atoms with Crippen LogP contribution in [0.25, 0.3) is 0 Å². The summed E-state index contributed by atoms with van der Waals surface area (Å²) in [4.78, 5) is 27.5. The van der Waals surface area contributed by atoms with Crippen LogP contribution in [0.15, 0.2) is 30.3 Å². The van der Waals surface area contributed by atoms with Crippen molar-refractivity contribution >= 4 is 17.6 Å². The van der Waals surface area contributed by atoms with Crippen LogP contribution in [0.5, 0.6) is 0 Å². The Bertz CT molecular complexity index is 488. The first-order valence-electron chi connectivity index (χ1n) is 5.93. The van der Waals surface area contributed by atoms with Gasteiger partial charge in [0.05, 0.1) is 30.9 Å². The Balaban J connectivity index is 1.99. The third-order valence-corrected chi connectivity index (χ3v) is 3.59. The molecule has 5 nitrogen and oxygen atoms in total. The molecule has 94 valence electrons. The van der Waals surface area contributed by atoms with E-state index in [0.717, 1.165) is 0 Å². The summed E-state index contributed by atoms with van der Waals surface area (Å²) in [5.74, 6) is -0.403. The van der Waals surface area contributed by atoms with E-state index in [2.05, 4.69) is 0 Å². The quantitative estimate of drug-likeness (QED) is 0.745. The normalized spacial score (nSPS) is 27.6. The van der Waals surface area contributed by atoms with Crippen molar-refractivity contribution in [3.63, 3.8) is 0 Å². The number of anilines is 1. The summed E-state index contributed by atoms with van der Waals surface area (Å²) in [7, 11) is 1.72. The Morgan fingerprint density at radius 3 is 2.61 bits per heavy atom. The average molecular weight is 246 g/mol. The average Bonchev–Trinajstić information content (AvgIpc) is 2.87. The lowest BCUT2D eigenvalue weighted by Crippen LogP contribution is -2.60. The number of carbonyl (C=O) groups is 2. The first kappa shape index (κ1) is 11.2. The van der Waals surface area contributed by atoms with Gasteiger partial charge in [-0.15, -0.1) is 0 Å². The maximum atomic E-state index is 12.4. The standard InChI is InChI=1S/C13H14N2O3/c1-14-11-8-18-7-10(11)12(16)15(13(14)17)9-5-3-2-4-6-9/h2-6,10-11H,7-8H2,1H3. The summed E-state index contributed by atoms with van der Waals surface area (Å²) in [6, 6.07) is 8.61. The van der Waals surface area contributed by atoms with Crippen molar-refractivity contribution in [1.82, 2.24) is 4.90 Å². The van der Waals surface area contributed by atoms with Crippen LogP contribution >= 0.6 is 0 Å². The van der Waals surface area contributed by atoms with Gasteiger partial charge in [0, 0.05) is 7.05 Å². The lowest BCUT2D eigenvalue weighted by atomic mass is 9.98. The van der Waals surface area contributed by atoms with Crippen LogP contribution in [0.3, 0.4) is 0 Å². The molecule has 2 fully saturated rings. The number of amides is 3. The van der Waals surface area contributed by atoms with Crippen LogP contribution in [0.1, 0.15) is 0 Å². The monoisotopic (exact) mass is 246 g/mol. The largest absolute Gasteiger partial charge is 0.378 e. The van der Waals surface area contributed by atoms with Crippen LogP contribution in [0.4, 0.5) is 10.5 Å². The number of ether oxygens (including phenoxy) is 1. The highest BCUT2D eigenvalue weighted by Gasteiger charge is 2.48. The molecule has 5 heteroatoms. The van der Waals surface area contributed by atoms with Gasteiger partial charge in [0.2, 0.25) is 5.91 Å². The molecule has 3 amide bonds. The highest BCUT2D eigenvalue weighted by atomic mass is 16.5. The topological polar surface area (TPSA) is 49.9 Å². The van der Waals surface area contributed by atoms with Crippen molar-refractivity contribution in [2.45, 2.75) is 6.04 Å². The van der Waals surface area contributed by atoms with Crippen LogP contribution in [0, 0.1) is 5.92 Å². The molecule has 2 saturated heterocycles. The molecule has 2 atom stereocenters. The minimum absolute atomic E-state index is 0.120. The second-order valence-electron chi connectivity index (χ2n) is 4.61. The Morgan fingerprint density at radius 1 is 1.17 bits per heavy atom. The van der Waals surface area contributed by atoms with Crippen LogP contribution < -0.4 is 4.90 Å². The Morgan fingerprint density at radius 2 is 1.89 bits per heavy atom. The van der Waals surface area contributed by atoms with E-state index in [4.69, 9.17) is 4.74 Å². The maximum Gasteiger partial charge on any atom is 0.331 e. The number of hydrogen-bond donors (Lipinski definition) is 0. The van der Waals surface area contributed by atoms with Crippen LogP contribution in [-0.4, -0.2) is 43.1 Å². The van der Waals surface area contributed by atoms with Crippen LogP contribution in [-0.2, 0) is 9.53 Å². The molecule has 0 N–H and O–H groups in total. The molecule has 2 aliphatic heterocycles. The molecular weight excluding hydrogens is 232 g/mol. The number of urea groups is 1. The molecule has 2 heterocycles. The lowest BCUT2D eigenvalue weighted by molar-refractivity contribution is -0.124. The van der Waals surface area contributed by atoms with Crippen molar-refractivity contribution in [1.29, 1.82) is 0 Å². The van der Waals surface area contributed by atoms with Gasteiger partial charge in [-0.05, 0) is 12.1 Å². The number of fused-ring (bicyclic) bond motifs is 1. The summed E-state index contributed by atoms with van der Waals surface area (Å²) in [6.45, 7) is 0.839. The Kier molecular flexibility index (Phi) is 2.56. The summed E-state index contributed by atoms with van der Waals surface area (Å²) in [5, 5.41) is 0. The molecule has 1 aromatic carbocycles. The van der Waals surface area contributed by atoms with E-state index in [-0.39, 0.29) is 23.9 Å². The molecule has 0 aromatic heterocycles.